The molecule has 250 valence electrons. The van der Waals surface area contributed by atoms with Gasteiger partial charge in [-0.1, -0.05) is 29.5 Å². The summed E-state index contributed by atoms with van der Waals surface area (Å²) in [6.07, 6.45) is 0.622. The summed E-state index contributed by atoms with van der Waals surface area (Å²) < 4.78 is 39.9. The standard InChI is InChI=1S/C32H37N5O3.C2HF3O2/c1-19-23(10-12-26-29(19)34-35-36(26)6)28(32(4,5)30(38)39)21-8-7-20-9-11-25(24(20)15-21)37-17-22-16-33-14-13-27(22)40-31(2,3)18-37;3-2(4,5)1(6)7/h7-8,10,12-16,25,28H,9,11,17-18H2,1-6H3,(H,38,39);(H,6,7). The minimum atomic E-state index is -5.08. The molecule has 2 aromatic carbocycles. The highest BCUT2D eigenvalue weighted by atomic mass is 19.4. The fourth-order valence-corrected chi connectivity index (χ4v) is 6.77. The Morgan fingerprint density at radius 3 is 2.43 bits per heavy atom. The maximum atomic E-state index is 12.7. The van der Waals surface area contributed by atoms with Gasteiger partial charge in [-0.05, 0) is 87.4 Å². The molecule has 3 heterocycles. The molecular weight excluding hydrogens is 615 g/mol. The van der Waals surface area contributed by atoms with Gasteiger partial charge in [-0.3, -0.25) is 14.7 Å². The number of benzene rings is 2. The number of halogens is 3. The van der Waals surface area contributed by atoms with Crippen molar-refractivity contribution >= 4 is 23.0 Å². The second kappa shape index (κ2) is 12.3. The molecule has 0 amide bonds. The molecule has 2 aliphatic rings. The molecule has 0 saturated heterocycles. The maximum Gasteiger partial charge on any atom is 0.490 e. The van der Waals surface area contributed by atoms with E-state index in [-0.39, 0.29) is 17.6 Å². The zero-order valence-electron chi connectivity index (χ0n) is 27.1. The zero-order valence-corrected chi connectivity index (χ0v) is 27.1. The van der Waals surface area contributed by atoms with Crippen molar-refractivity contribution in [2.24, 2.45) is 12.5 Å². The van der Waals surface area contributed by atoms with E-state index in [1.807, 2.05) is 46.1 Å². The predicted molar refractivity (Wildman–Crippen MR) is 167 cm³/mol. The largest absolute Gasteiger partial charge is 0.490 e. The van der Waals surface area contributed by atoms with Crippen LogP contribution in [0.2, 0.25) is 0 Å². The van der Waals surface area contributed by atoms with Gasteiger partial charge in [-0.2, -0.15) is 13.2 Å². The van der Waals surface area contributed by atoms with Gasteiger partial charge in [0.25, 0.3) is 0 Å². The number of nitrogens with zero attached hydrogens (tertiary/aromatic N) is 5. The summed E-state index contributed by atoms with van der Waals surface area (Å²) in [7, 11) is 1.87. The smallest absolute Gasteiger partial charge is 0.486 e. The Morgan fingerprint density at radius 1 is 1.06 bits per heavy atom. The normalized spacial score (nSPS) is 18.3. The molecule has 1 aliphatic carbocycles. The van der Waals surface area contributed by atoms with Crippen molar-refractivity contribution in [3.63, 3.8) is 0 Å². The minimum absolute atomic E-state index is 0.209. The Labute approximate surface area is 270 Å². The van der Waals surface area contributed by atoms with E-state index in [9.17, 15) is 23.1 Å². The van der Waals surface area contributed by atoms with Gasteiger partial charge >= 0.3 is 18.1 Å². The number of carbonyl (C=O) groups is 2. The molecule has 0 radical (unpaired) electrons. The number of carboxylic acids is 2. The number of hydrogen-bond donors (Lipinski definition) is 2. The van der Waals surface area contributed by atoms with Gasteiger partial charge in [-0.25, -0.2) is 9.48 Å². The average molecular weight is 654 g/mol. The van der Waals surface area contributed by atoms with Crippen molar-refractivity contribution in [1.82, 2.24) is 24.9 Å². The summed E-state index contributed by atoms with van der Waals surface area (Å²) in [6.45, 7) is 11.5. The van der Waals surface area contributed by atoms with Crippen molar-refractivity contribution in [3.05, 3.63) is 82.2 Å². The molecule has 13 heteroatoms. The molecular formula is C34H38F3N5O5. The summed E-state index contributed by atoms with van der Waals surface area (Å²) in [5, 5.41) is 26.1. The summed E-state index contributed by atoms with van der Waals surface area (Å²) in [4.78, 5) is 28.5. The number of aliphatic carboxylic acids is 2. The Kier molecular flexibility index (Phi) is 8.82. The lowest BCUT2D eigenvalue weighted by Crippen LogP contribution is -2.41. The first kappa shape index (κ1) is 33.8. The van der Waals surface area contributed by atoms with Gasteiger partial charge in [0.1, 0.15) is 16.9 Å². The quantitative estimate of drug-likeness (QED) is 0.258. The van der Waals surface area contributed by atoms with E-state index in [1.165, 1.54) is 11.1 Å². The fraction of sp³-hybridized carbons (Fsp3) is 0.441. The van der Waals surface area contributed by atoms with Crippen molar-refractivity contribution in [2.75, 3.05) is 6.54 Å². The lowest BCUT2D eigenvalue weighted by molar-refractivity contribution is -0.192. The topological polar surface area (TPSA) is 131 Å². The Morgan fingerprint density at radius 2 is 1.77 bits per heavy atom. The lowest BCUT2D eigenvalue weighted by atomic mass is 9.69. The van der Waals surface area contributed by atoms with Crippen LogP contribution in [0.4, 0.5) is 13.2 Å². The number of aromatic nitrogens is 4. The van der Waals surface area contributed by atoms with Gasteiger partial charge in [0, 0.05) is 50.1 Å². The molecule has 0 spiro atoms. The van der Waals surface area contributed by atoms with E-state index in [0.717, 1.165) is 65.0 Å². The Bertz CT molecular complexity index is 1830. The van der Waals surface area contributed by atoms with E-state index in [1.54, 1.807) is 10.9 Å². The molecule has 0 saturated carbocycles. The van der Waals surface area contributed by atoms with E-state index < -0.39 is 23.5 Å². The molecule has 1 aliphatic heterocycles. The number of carboxylic acid groups (broad SMARTS) is 2. The number of alkyl halides is 3. The third kappa shape index (κ3) is 6.67. The number of aryl methyl sites for hydroxylation is 3. The first-order chi connectivity index (χ1) is 21.9. The highest BCUT2D eigenvalue weighted by Crippen LogP contribution is 2.47. The highest BCUT2D eigenvalue weighted by molar-refractivity contribution is 5.82. The molecule has 6 rings (SSSR count). The molecule has 4 aromatic rings. The minimum Gasteiger partial charge on any atom is -0.486 e. The van der Waals surface area contributed by atoms with Crippen molar-refractivity contribution in [1.29, 1.82) is 0 Å². The summed E-state index contributed by atoms with van der Waals surface area (Å²) in [5.74, 6) is -3.05. The molecule has 2 aromatic heterocycles. The van der Waals surface area contributed by atoms with Gasteiger partial charge in [0.15, 0.2) is 0 Å². The molecule has 2 unspecified atom stereocenters. The Hall–Kier alpha value is -4.52. The molecule has 2 atom stereocenters. The van der Waals surface area contributed by atoms with Gasteiger partial charge in [-0.15, -0.1) is 5.10 Å². The highest BCUT2D eigenvalue weighted by Gasteiger charge is 2.42. The van der Waals surface area contributed by atoms with E-state index in [4.69, 9.17) is 14.6 Å². The Balaban J connectivity index is 0.000000559. The first-order valence-corrected chi connectivity index (χ1v) is 15.2. The van der Waals surface area contributed by atoms with E-state index in [0.29, 0.717) is 0 Å². The van der Waals surface area contributed by atoms with Crippen LogP contribution < -0.4 is 4.74 Å². The van der Waals surface area contributed by atoms with Crippen LogP contribution in [-0.2, 0) is 29.6 Å². The summed E-state index contributed by atoms with van der Waals surface area (Å²) in [5.41, 5.74) is 6.99. The van der Waals surface area contributed by atoms with Crippen LogP contribution in [0.3, 0.4) is 0 Å². The van der Waals surface area contributed by atoms with Crippen molar-refractivity contribution in [2.45, 2.75) is 77.7 Å². The van der Waals surface area contributed by atoms with Crippen LogP contribution in [0.25, 0.3) is 11.0 Å². The van der Waals surface area contributed by atoms with Crippen LogP contribution in [0.15, 0.2) is 48.8 Å². The van der Waals surface area contributed by atoms with Gasteiger partial charge < -0.3 is 14.9 Å². The zero-order chi connectivity index (χ0) is 34.5. The third-order valence-corrected chi connectivity index (χ3v) is 9.10. The molecule has 10 nitrogen and oxygen atoms in total. The first-order valence-electron chi connectivity index (χ1n) is 15.2. The van der Waals surface area contributed by atoms with Crippen LogP contribution in [0.5, 0.6) is 5.75 Å². The summed E-state index contributed by atoms with van der Waals surface area (Å²) in [6, 6.07) is 12.8. The maximum absolute atomic E-state index is 12.7. The number of hydrogen-bond acceptors (Lipinski definition) is 7. The molecule has 0 bridgehead atoms. The average Bonchev–Trinajstić information content (AvgIpc) is 3.54. The SMILES string of the molecule is Cc1c(C(c2ccc3c(c2)C(N2Cc4cnccc4OC(C)(C)C2)CC3)C(C)(C)C(=O)O)ccc2c1nnn2C.O=C(O)C(F)(F)F. The van der Waals surface area contributed by atoms with Gasteiger partial charge in [0.2, 0.25) is 0 Å². The molecule has 47 heavy (non-hydrogen) atoms. The fourth-order valence-electron chi connectivity index (χ4n) is 6.77. The second-order valence-corrected chi connectivity index (χ2v) is 13.4. The monoisotopic (exact) mass is 653 g/mol. The van der Waals surface area contributed by atoms with Crippen LogP contribution in [-0.4, -0.2) is 65.4 Å². The summed E-state index contributed by atoms with van der Waals surface area (Å²) >= 11 is 0. The molecule has 2 N–H and O–H groups in total. The lowest BCUT2D eigenvalue weighted by Gasteiger charge is -2.35. The number of rotatable bonds is 5. The number of pyridine rings is 1. The number of fused-ring (bicyclic) bond motifs is 3. The van der Waals surface area contributed by atoms with Crippen LogP contribution in [0.1, 0.15) is 79.5 Å². The second-order valence-electron chi connectivity index (χ2n) is 13.4. The molecule has 0 fully saturated rings. The van der Waals surface area contributed by atoms with Crippen LogP contribution in [0, 0.1) is 12.3 Å². The number of ether oxygens (including phenoxy) is 1. The van der Waals surface area contributed by atoms with E-state index >= 15 is 0 Å². The van der Waals surface area contributed by atoms with Crippen molar-refractivity contribution < 1.29 is 37.7 Å². The van der Waals surface area contributed by atoms with Crippen LogP contribution >= 0.6 is 0 Å². The predicted octanol–water partition coefficient (Wildman–Crippen LogP) is 6.21. The van der Waals surface area contributed by atoms with Gasteiger partial charge in [0.05, 0.1) is 10.9 Å². The van der Waals surface area contributed by atoms with E-state index in [2.05, 4.69) is 58.3 Å². The third-order valence-electron chi connectivity index (χ3n) is 9.10. The van der Waals surface area contributed by atoms with Crippen molar-refractivity contribution in [3.8, 4) is 5.75 Å².